The number of hydrogen-bond donors (Lipinski definition) is 2. The van der Waals surface area contributed by atoms with Crippen molar-refractivity contribution in [3.8, 4) is 0 Å². The van der Waals surface area contributed by atoms with Crippen molar-refractivity contribution < 1.29 is 14.4 Å². The van der Waals surface area contributed by atoms with Crippen LogP contribution in [-0.4, -0.2) is 28.3 Å². The Morgan fingerprint density at radius 1 is 1.53 bits per heavy atom. The molecule has 1 aliphatic carbocycles. The molecule has 1 amide bonds. The van der Waals surface area contributed by atoms with Gasteiger partial charge >= 0.3 is 0 Å². The summed E-state index contributed by atoms with van der Waals surface area (Å²) in [5.41, 5.74) is 0.0894. The van der Waals surface area contributed by atoms with Crippen LogP contribution in [0.4, 0.5) is 0 Å². The number of rotatable bonds is 4. The van der Waals surface area contributed by atoms with Crippen molar-refractivity contribution >= 4 is 5.91 Å². The summed E-state index contributed by atoms with van der Waals surface area (Å²) in [6, 6.07) is 1.61. The Morgan fingerprint density at radius 3 is 2.74 bits per heavy atom. The SMILES string of the molecule is Cc1cc(C(=O)NC(C)(CO)C2CCCCC2)on1. The summed E-state index contributed by atoms with van der Waals surface area (Å²) in [6.45, 7) is 3.62. The molecule has 1 saturated carbocycles. The summed E-state index contributed by atoms with van der Waals surface area (Å²) in [7, 11) is 0. The van der Waals surface area contributed by atoms with E-state index in [9.17, 15) is 9.90 Å². The van der Waals surface area contributed by atoms with E-state index in [-0.39, 0.29) is 18.3 Å². The maximum Gasteiger partial charge on any atom is 0.290 e. The summed E-state index contributed by atoms with van der Waals surface area (Å²) in [6.07, 6.45) is 5.67. The molecule has 0 bridgehead atoms. The van der Waals surface area contributed by atoms with Gasteiger partial charge < -0.3 is 14.9 Å². The predicted octanol–water partition coefficient (Wildman–Crippen LogP) is 2.04. The average molecular weight is 266 g/mol. The lowest BCUT2D eigenvalue weighted by molar-refractivity contribution is 0.0650. The Labute approximate surface area is 113 Å². The van der Waals surface area contributed by atoms with Gasteiger partial charge in [0.1, 0.15) is 0 Å². The summed E-state index contributed by atoms with van der Waals surface area (Å²) >= 11 is 0. The topological polar surface area (TPSA) is 75.4 Å². The first-order valence-electron chi connectivity index (χ1n) is 6.92. The molecule has 5 nitrogen and oxygen atoms in total. The number of aryl methyl sites for hydroxylation is 1. The fourth-order valence-electron chi connectivity index (χ4n) is 2.80. The number of amides is 1. The number of carbonyl (C=O) groups excluding carboxylic acids is 1. The lowest BCUT2D eigenvalue weighted by Crippen LogP contribution is -2.54. The molecular formula is C14H22N2O3. The van der Waals surface area contributed by atoms with E-state index in [4.69, 9.17) is 4.52 Å². The molecule has 1 aliphatic rings. The van der Waals surface area contributed by atoms with E-state index < -0.39 is 5.54 Å². The highest BCUT2D eigenvalue weighted by atomic mass is 16.5. The van der Waals surface area contributed by atoms with Crippen molar-refractivity contribution in [2.45, 2.75) is 51.5 Å². The third-order valence-corrected chi connectivity index (χ3v) is 4.09. The highest BCUT2D eigenvalue weighted by Crippen LogP contribution is 2.32. The molecule has 19 heavy (non-hydrogen) atoms. The van der Waals surface area contributed by atoms with E-state index in [1.807, 2.05) is 6.92 Å². The van der Waals surface area contributed by atoms with Gasteiger partial charge in [0.15, 0.2) is 0 Å². The number of nitrogens with one attached hydrogen (secondary N) is 1. The number of aromatic nitrogens is 1. The van der Waals surface area contributed by atoms with Crippen molar-refractivity contribution in [1.29, 1.82) is 0 Å². The van der Waals surface area contributed by atoms with Crippen LogP contribution >= 0.6 is 0 Å². The molecule has 2 N–H and O–H groups in total. The smallest absolute Gasteiger partial charge is 0.290 e. The second-order valence-electron chi connectivity index (χ2n) is 5.70. The van der Waals surface area contributed by atoms with Crippen LogP contribution in [0.15, 0.2) is 10.6 Å². The number of nitrogens with zero attached hydrogens (tertiary/aromatic N) is 1. The monoisotopic (exact) mass is 266 g/mol. The van der Waals surface area contributed by atoms with Crippen molar-refractivity contribution in [2.75, 3.05) is 6.61 Å². The van der Waals surface area contributed by atoms with E-state index in [1.54, 1.807) is 13.0 Å². The Balaban J connectivity index is 2.06. The second-order valence-corrected chi connectivity index (χ2v) is 5.70. The van der Waals surface area contributed by atoms with E-state index in [2.05, 4.69) is 10.5 Å². The molecule has 1 heterocycles. The van der Waals surface area contributed by atoms with Crippen LogP contribution in [0.2, 0.25) is 0 Å². The van der Waals surface area contributed by atoms with Crippen LogP contribution in [0.25, 0.3) is 0 Å². The molecule has 0 spiro atoms. The molecule has 0 aromatic carbocycles. The van der Waals surface area contributed by atoms with Gasteiger partial charge in [-0.05, 0) is 32.6 Å². The average Bonchev–Trinajstić information content (AvgIpc) is 2.86. The third-order valence-electron chi connectivity index (χ3n) is 4.09. The van der Waals surface area contributed by atoms with Crippen LogP contribution in [0.5, 0.6) is 0 Å². The van der Waals surface area contributed by atoms with Crippen LogP contribution in [0.1, 0.15) is 55.3 Å². The van der Waals surface area contributed by atoms with Gasteiger partial charge in [-0.2, -0.15) is 0 Å². The molecule has 0 saturated heterocycles. The normalized spacial score (nSPS) is 19.9. The minimum Gasteiger partial charge on any atom is -0.394 e. The molecule has 1 atom stereocenters. The Hall–Kier alpha value is -1.36. The van der Waals surface area contributed by atoms with Gasteiger partial charge in [-0.1, -0.05) is 24.4 Å². The zero-order valence-corrected chi connectivity index (χ0v) is 11.6. The molecule has 1 aromatic rings. The van der Waals surface area contributed by atoms with Gasteiger partial charge in [0.2, 0.25) is 5.76 Å². The third kappa shape index (κ3) is 3.15. The van der Waals surface area contributed by atoms with Crippen LogP contribution < -0.4 is 5.32 Å². The molecule has 2 rings (SSSR count). The maximum atomic E-state index is 12.1. The Kier molecular flexibility index (Phi) is 4.24. The molecule has 5 heteroatoms. The molecule has 1 fully saturated rings. The van der Waals surface area contributed by atoms with E-state index in [0.29, 0.717) is 11.6 Å². The van der Waals surface area contributed by atoms with E-state index >= 15 is 0 Å². The quantitative estimate of drug-likeness (QED) is 0.874. The van der Waals surface area contributed by atoms with Crippen molar-refractivity contribution in [1.82, 2.24) is 10.5 Å². The van der Waals surface area contributed by atoms with Gasteiger partial charge in [0.25, 0.3) is 5.91 Å². The number of hydrogen-bond acceptors (Lipinski definition) is 4. The summed E-state index contributed by atoms with van der Waals surface area (Å²) in [5, 5.41) is 16.3. The zero-order valence-electron chi connectivity index (χ0n) is 11.6. The molecule has 0 aliphatic heterocycles. The molecule has 1 unspecified atom stereocenters. The Morgan fingerprint density at radius 2 is 2.21 bits per heavy atom. The van der Waals surface area contributed by atoms with E-state index in [1.165, 1.54) is 6.42 Å². The van der Waals surface area contributed by atoms with Crippen LogP contribution in [-0.2, 0) is 0 Å². The van der Waals surface area contributed by atoms with E-state index in [0.717, 1.165) is 25.7 Å². The van der Waals surface area contributed by atoms with Gasteiger partial charge in [0.05, 0.1) is 17.8 Å². The first-order chi connectivity index (χ1) is 9.05. The maximum absolute atomic E-state index is 12.1. The number of carbonyl (C=O) groups is 1. The minimum atomic E-state index is -0.585. The lowest BCUT2D eigenvalue weighted by Gasteiger charge is -2.39. The summed E-state index contributed by atoms with van der Waals surface area (Å²) < 4.78 is 4.96. The molecule has 1 aromatic heterocycles. The molecule has 0 radical (unpaired) electrons. The van der Waals surface area contributed by atoms with Crippen LogP contribution in [0.3, 0.4) is 0 Å². The fourth-order valence-corrected chi connectivity index (χ4v) is 2.80. The lowest BCUT2D eigenvalue weighted by atomic mass is 9.76. The highest BCUT2D eigenvalue weighted by molar-refractivity contribution is 5.91. The second kappa shape index (κ2) is 5.74. The van der Waals surface area contributed by atoms with Crippen molar-refractivity contribution in [3.05, 3.63) is 17.5 Å². The standard InChI is InChI=1S/C14H22N2O3/c1-10-8-12(19-16-10)13(18)15-14(2,9-17)11-6-4-3-5-7-11/h8,11,17H,3-7,9H2,1-2H3,(H,15,18). The fraction of sp³-hybridized carbons (Fsp3) is 0.714. The zero-order chi connectivity index (χ0) is 13.9. The van der Waals surface area contributed by atoms with Crippen molar-refractivity contribution in [2.24, 2.45) is 5.92 Å². The molecule has 106 valence electrons. The van der Waals surface area contributed by atoms with Gasteiger partial charge in [-0.3, -0.25) is 4.79 Å². The highest BCUT2D eigenvalue weighted by Gasteiger charge is 2.36. The number of aliphatic hydroxyl groups is 1. The summed E-state index contributed by atoms with van der Waals surface area (Å²) in [4.78, 5) is 12.1. The van der Waals surface area contributed by atoms with Crippen molar-refractivity contribution in [3.63, 3.8) is 0 Å². The Bertz CT molecular complexity index is 438. The van der Waals surface area contributed by atoms with Gasteiger partial charge in [-0.25, -0.2) is 0 Å². The predicted molar refractivity (Wildman–Crippen MR) is 70.8 cm³/mol. The van der Waals surface area contributed by atoms with Gasteiger partial charge in [0, 0.05) is 6.07 Å². The van der Waals surface area contributed by atoms with Crippen LogP contribution in [0, 0.1) is 12.8 Å². The minimum absolute atomic E-state index is 0.0590. The summed E-state index contributed by atoms with van der Waals surface area (Å²) in [5.74, 6) is 0.218. The number of aliphatic hydroxyl groups excluding tert-OH is 1. The van der Waals surface area contributed by atoms with Gasteiger partial charge in [-0.15, -0.1) is 0 Å². The first kappa shape index (κ1) is 14.1. The first-order valence-corrected chi connectivity index (χ1v) is 6.92. The molecular weight excluding hydrogens is 244 g/mol. The largest absolute Gasteiger partial charge is 0.394 e.